The van der Waals surface area contributed by atoms with Crippen molar-refractivity contribution in [1.29, 1.82) is 0 Å². The maximum absolute atomic E-state index is 12.5. The molecule has 29 heavy (non-hydrogen) atoms. The minimum atomic E-state index is -3.67. The van der Waals surface area contributed by atoms with Crippen LogP contribution in [-0.4, -0.2) is 39.3 Å². The van der Waals surface area contributed by atoms with E-state index in [9.17, 15) is 13.2 Å². The third-order valence-electron chi connectivity index (χ3n) is 4.33. The number of amides is 1. The van der Waals surface area contributed by atoms with Crippen molar-refractivity contribution in [3.63, 3.8) is 0 Å². The van der Waals surface area contributed by atoms with Gasteiger partial charge in [-0.2, -0.15) is 4.31 Å². The van der Waals surface area contributed by atoms with Crippen molar-refractivity contribution in [2.24, 2.45) is 0 Å². The molecule has 0 fully saturated rings. The van der Waals surface area contributed by atoms with Gasteiger partial charge >= 0.3 is 0 Å². The first-order valence-corrected chi connectivity index (χ1v) is 11.2. The van der Waals surface area contributed by atoms with Crippen molar-refractivity contribution in [1.82, 2.24) is 4.31 Å². The minimum Gasteiger partial charge on any atom is -0.496 e. The van der Waals surface area contributed by atoms with Gasteiger partial charge in [-0.3, -0.25) is 4.79 Å². The molecule has 1 heterocycles. The number of hydrogen-bond acceptors (Lipinski definition) is 5. The lowest BCUT2D eigenvalue weighted by Crippen LogP contribution is -2.34. The van der Waals surface area contributed by atoms with Crippen molar-refractivity contribution in [2.45, 2.75) is 10.6 Å². The molecule has 8 heteroatoms. The average molecular weight is 431 g/mol. The highest BCUT2D eigenvalue weighted by Crippen LogP contribution is 2.25. The number of anilines is 1. The Morgan fingerprint density at radius 2 is 1.86 bits per heavy atom. The smallest absolute Gasteiger partial charge is 0.252 e. The number of thiophene rings is 1. The third-order valence-corrected chi connectivity index (χ3v) is 7.50. The lowest BCUT2D eigenvalue weighted by atomic mass is 10.0. The Morgan fingerprint density at radius 1 is 1.10 bits per heavy atom. The second-order valence-corrected chi connectivity index (χ2v) is 9.65. The predicted molar refractivity (Wildman–Crippen MR) is 115 cm³/mol. The highest BCUT2D eigenvalue weighted by atomic mass is 32.2. The van der Waals surface area contributed by atoms with Gasteiger partial charge in [-0.05, 0) is 35.2 Å². The summed E-state index contributed by atoms with van der Waals surface area (Å²) in [6.45, 7) is -0.277. The molecule has 0 aliphatic rings. The summed E-state index contributed by atoms with van der Waals surface area (Å²) in [6.07, 6.45) is 0.653. The molecule has 152 valence electrons. The van der Waals surface area contributed by atoms with Crippen LogP contribution >= 0.6 is 11.3 Å². The largest absolute Gasteiger partial charge is 0.496 e. The molecule has 0 saturated heterocycles. The van der Waals surface area contributed by atoms with E-state index in [2.05, 4.69) is 5.32 Å². The number of nitrogens with zero attached hydrogens (tertiary/aromatic N) is 1. The molecular weight excluding hydrogens is 408 g/mol. The highest BCUT2D eigenvalue weighted by Gasteiger charge is 2.23. The van der Waals surface area contributed by atoms with E-state index in [1.54, 1.807) is 30.7 Å². The van der Waals surface area contributed by atoms with Crippen LogP contribution in [0.4, 0.5) is 5.69 Å². The number of carbonyl (C=O) groups is 1. The van der Waals surface area contributed by atoms with Crippen molar-refractivity contribution in [2.75, 3.05) is 26.0 Å². The summed E-state index contributed by atoms with van der Waals surface area (Å²) in [7, 11) is -0.676. The predicted octanol–water partition coefficient (Wildman–Crippen LogP) is 3.61. The molecule has 6 nitrogen and oxygen atoms in total. The zero-order chi connectivity index (χ0) is 20.9. The van der Waals surface area contributed by atoms with E-state index in [1.165, 1.54) is 13.1 Å². The van der Waals surface area contributed by atoms with Gasteiger partial charge in [0.25, 0.3) is 10.0 Å². The SMILES string of the molecule is COc1ccc(NC(=O)CN(C)S(=O)(=O)c2cccs2)cc1Cc1ccccc1. The molecule has 1 amide bonds. The number of ether oxygens (including phenoxy) is 1. The first kappa shape index (κ1) is 21.0. The number of hydrogen-bond donors (Lipinski definition) is 1. The van der Waals surface area contributed by atoms with Crippen LogP contribution in [-0.2, 0) is 21.2 Å². The van der Waals surface area contributed by atoms with Gasteiger partial charge in [-0.15, -0.1) is 11.3 Å². The molecular formula is C21H22N2O4S2. The summed E-state index contributed by atoms with van der Waals surface area (Å²) in [6, 6.07) is 18.5. The number of rotatable bonds is 8. The lowest BCUT2D eigenvalue weighted by Gasteiger charge is -2.16. The number of sulfonamides is 1. The van der Waals surface area contributed by atoms with Crippen molar-refractivity contribution in [3.05, 3.63) is 77.2 Å². The topological polar surface area (TPSA) is 75.7 Å². The van der Waals surface area contributed by atoms with E-state index < -0.39 is 15.9 Å². The molecule has 0 aliphatic carbocycles. The molecule has 0 atom stereocenters. The van der Waals surface area contributed by atoms with E-state index in [4.69, 9.17) is 4.74 Å². The third kappa shape index (κ3) is 5.23. The van der Waals surface area contributed by atoms with Crippen molar-refractivity contribution in [3.8, 4) is 5.75 Å². The maximum Gasteiger partial charge on any atom is 0.252 e. The summed E-state index contributed by atoms with van der Waals surface area (Å²) < 4.78 is 31.6. The summed E-state index contributed by atoms with van der Waals surface area (Å²) in [5.74, 6) is 0.313. The Bertz CT molecular complexity index is 1070. The second-order valence-electron chi connectivity index (χ2n) is 6.43. The monoisotopic (exact) mass is 430 g/mol. The Balaban J connectivity index is 1.71. The molecule has 3 rings (SSSR count). The van der Waals surface area contributed by atoms with Crippen LogP contribution in [0.1, 0.15) is 11.1 Å². The number of benzene rings is 2. The van der Waals surface area contributed by atoms with E-state index in [1.807, 2.05) is 36.4 Å². The normalized spacial score (nSPS) is 11.4. The van der Waals surface area contributed by atoms with Crippen LogP contribution in [0.2, 0.25) is 0 Å². The molecule has 1 aromatic heterocycles. The molecule has 0 spiro atoms. The number of carbonyl (C=O) groups excluding carboxylic acids is 1. The minimum absolute atomic E-state index is 0.211. The summed E-state index contributed by atoms with van der Waals surface area (Å²) >= 11 is 1.12. The summed E-state index contributed by atoms with van der Waals surface area (Å²) in [5, 5.41) is 4.46. The average Bonchev–Trinajstić information content (AvgIpc) is 3.24. The van der Waals surface area contributed by atoms with E-state index in [0.29, 0.717) is 12.1 Å². The van der Waals surface area contributed by atoms with Crippen molar-refractivity contribution < 1.29 is 17.9 Å². The van der Waals surface area contributed by atoms with Gasteiger partial charge in [0, 0.05) is 24.7 Å². The standard InChI is InChI=1S/C21H22N2O4S2/c1-23(29(25,26)21-9-6-12-28-21)15-20(24)22-18-10-11-19(27-2)17(14-18)13-16-7-4-3-5-8-16/h3-12,14H,13,15H2,1-2H3,(H,22,24). The molecule has 0 bridgehead atoms. The van der Waals surface area contributed by atoms with Crippen molar-refractivity contribution >= 4 is 33.0 Å². The quantitative estimate of drug-likeness (QED) is 0.592. The Morgan fingerprint density at radius 3 is 2.52 bits per heavy atom. The van der Waals surface area contributed by atoms with E-state index in [0.717, 1.165) is 32.5 Å². The fourth-order valence-electron chi connectivity index (χ4n) is 2.86. The number of methoxy groups -OCH3 is 1. The summed E-state index contributed by atoms with van der Waals surface area (Å²) in [5.41, 5.74) is 2.63. The van der Waals surface area contributed by atoms with Gasteiger partial charge < -0.3 is 10.1 Å². The van der Waals surface area contributed by atoms with Gasteiger partial charge in [0.05, 0.1) is 13.7 Å². The summed E-state index contributed by atoms with van der Waals surface area (Å²) in [4.78, 5) is 12.4. The van der Waals surface area contributed by atoms with Crippen LogP contribution in [0.3, 0.4) is 0 Å². The van der Waals surface area contributed by atoms with Gasteiger partial charge in [0.1, 0.15) is 9.96 Å². The highest BCUT2D eigenvalue weighted by molar-refractivity contribution is 7.91. The maximum atomic E-state index is 12.5. The van der Waals surface area contributed by atoms with E-state index >= 15 is 0 Å². The molecule has 0 saturated carbocycles. The Kier molecular flexibility index (Phi) is 6.68. The van der Waals surface area contributed by atoms with Gasteiger partial charge in [0.2, 0.25) is 5.91 Å². The van der Waals surface area contributed by atoms with Crippen LogP contribution in [0, 0.1) is 0 Å². The van der Waals surface area contributed by atoms with Crippen LogP contribution in [0.25, 0.3) is 0 Å². The lowest BCUT2D eigenvalue weighted by molar-refractivity contribution is -0.116. The zero-order valence-electron chi connectivity index (χ0n) is 16.2. The molecule has 2 aromatic carbocycles. The molecule has 1 N–H and O–H groups in total. The second kappa shape index (κ2) is 9.21. The van der Waals surface area contributed by atoms with Crippen LogP contribution in [0.5, 0.6) is 5.75 Å². The number of nitrogens with one attached hydrogen (secondary N) is 1. The first-order chi connectivity index (χ1) is 13.9. The molecule has 0 unspecified atom stereocenters. The van der Waals surface area contributed by atoms with Crippen LogP contribution < -0.4 is 10.1 Å². The molecule has 0 radical (unpaired) electrons. The fraction of sp³-hybridized carbons (Fsp3) is 0.190. The zero-order valence-corrected chi connectivity index (χ0v) is 17.8. The fourth-order valence-corrected chi connectivity index (χ4v) is 5.19. The Hall–Kier alpha value is -2.68. The molecule has 3 aromatic rings. The van der Waals surface area contributed by atoms with Gasteiger partial charge in [-0.25, -0.2) is 8.42 Å². The van der Waals surface area contributed by atoms with Crippen LogP contribution in [0.15, 0.2) is 70.3 Å². The van der Waals surface area contributed by atoms with Gasteiger partial charge in [0.15, 0.2) is 0 Å². The first-order valence-electron chi connectivity index (χ1n) is 8.90. The molecule has 0 aliphatic heterocycles. The van der Waals surface area contributed by atoms with Gasteiger partial charge in [-0.1, -0.05) is 36.4 Å². The van der Waals surface area contributed by atoms with E-state index in [-0.39, 0.29) is 10.8 Å². The number of likely N-dealkylation sites (N-methyl/N-ethyl adjacent to an activating group) is 1. The Labute approximate surface area is 174 Å².